The van der Waals surface area contributed by atoms with Crippen molar-refractivity contribution in [3.05, 3.63) is 108 Å². The summed E-state index contributed by atoms with van der Waals surface area (Å²) < 4.78 is 27.8. The Morgan fingerprint density at radius 3 is 2.09 bits per heavy atom. The average molecular weight is 598 g/mol. The van der Waals surface area contributed by atoms with Crippen molar-refractivity contribution < 1.29 is 38.1 Å². The second-order valence-corrected chi connectivity index (χ2v) is 10.1. The van der Waals surface area contributed by atoms with Gasteiger partial charge in [0.2, 0.25) is 6.79 Å². The second kappa shape index (κ2) is 15.3. The number of ketones is 1. The Hall–Kier alpha value is -5.18. The van der Waals surface area contributed by atoms with Gasteiger partial charge in [-0.05, 0) is 35.7 Å². The third-order valence-corrected chi connectivity index (χ3v) is 6.79. The molecule has 3 atom stereocenters. The zero-order chi connectivity index (χ0) is 31.5. The highest BCUT2D eigenvalue weighted by molar-refractivity contribution is 5.99. The van der Waals surface area contributed by atoms with E-state index in [0.29, 0.717) is 5.75 Å². The quantitative estimate of drug-likeness (QED) is 0.0900. The maximum Gasteiger partial charge on any atom is 0.309 e. The molecule has 0 bridgehead atoms. The minimum atomic E-state index is -0.808. The van der Waals surface area contributed by atoms with Crippen LogP contribution >= 0.6 is 0 Å². The largest absolute Gasteiger partial charge is 0.493 e. The van der Waals surface area contributed by atoms with Gasteiger partial charge in [0.1, 0.15) is 11.9 Å². The Morgan fingerprint density at radius 1 is 0.818 bits per heavy atom. The van der Waals surface area contributed by atoms with Crippen LogP contribution in [0.4, 0.5) is 0 Å². The Bertz CT molecular complexity index is 1540. The van der Waals surface area contributed by atoms with E-state index in [9.17, 15) is 14.4 Å². The molecule has 4 rings (SSSR count). The molecule has 0 amide bonds. The van der Waals surface area contributed by atoms with Crippen LogP contribution in [0.5, 0.6) is 17.2 Å². The van der Waals surface area contributed by atoms with Gasteiger partial charge in [0.15, 0.2) is 29.1 Å². The van der Waals surface area contributed by atoms with E-state index >= 15 is 0 Å². The molecule has 0 aliphatic rings. The molecule has 9 heteroatoms. The van der Waals surface area contributed by atoms with Crippen LogP contribution in [0, 0.1) is 5.92 Å². The number of para-hydroxylation sites is 1. The summed E-state index contributed by atoms with van der Waals surface area (Å²) >= 11 is 0. The first-order valence-corrected chi connectivity index (χ1v) is 14.2. The number of aromatic nitrogens is 1. The number of benzene rings is 3. The molecule has 0 fully saturated rings. The number of ether oxygens (including phenoxy) is 5. The molecule has 228 valence electrons. The van der Waals surface area contributed by atoms with Crippen LogP contribution < -0.4 is 14.2 Å². The normalized spacial score (nSPS) is 12.7. The first-order chi connectivity index (χ1) is 21.3. The van der Waals surface area contributed by atoms with Crippen LogP contribution in [0.25, 0.3) is 11.1 Å². The third-order valence-electron chi connectivity index (χ3n) is 6.79. The highest BCUT2D eigenvalue weighted by Crippen LogP contribution is 2.32. The maximum atomic E-state index is 13.2. The number of esters is 2. The summed E-state index contributed by atoms with van der Waals surface area (Å²) in [7, 11) is 1.41. The fraction of sp³-hybridized carbons (Fsp3) is 0.257. The number of carbonyl (C=O) groups is 3. The molecule has 1 heterocycles. The van der Waals surface area contributed by atoms with Gasteiger partial charge in [-0.15, -0.1) is 0 Å². The van der Waals surface area contributed by atoms with E-state index in [4.69, 9.17) is 23.7 Å². The highest BCUT2D eigenvalue weighted by Gasteiger charge is 2.29. The van der Waals surface area contributed by atoms with E-state index in [0.717, 1.165) is 16.7 Å². The lowest BCUT2D eigenvalue weighted by Gasteiger charge is -2.27. The maximum absolute atomic E-state index is 13.2. The lowest BCUT2D eigenvalue weighted by molar-refractivity contribution is -0.157. The van der Waals surface area contributed by atoms with Gasteiger partial charge in [0.05, 0.1) is 13.0 Å². The standard InChI is InChI=1S/C35H35NO8/c1-23(21-30(38)32-34(42-22-41-25(3)37)31(40-4)19-20-36-32)35(39)43-24(2)33(44-29-13-9-6-10-14-29)28-17-15-27(16-18-28)26-11-7-5-8-12-26/h5-20,23-24,33H,21-22H2,1-4H3/t23-,24+,33+/m1/s1. The number of pyridine rings is 1. The Morgan fingerprint density at radius 2 is 1.45 bits per heavy atom. The van der Waals surface area contributed by atoms with Crippen molar-refractivity contribution in [1.82, 2.24) is 4.98 Å². The number of rotatable bonds is 14. The van der Waals surface area contributed by atoms with Gasteiger partial charge in [0, 0.05) is 25.6 Å². The topological polar surface area (TPSA) is 110 Å². The molecule has 1 aromatic heterocycles. The van der Waals surface area contributed by atoms with Crippen molar-refractivity contribution in [2.45, 2.75) is 39.4 Å². The molecule has 9 nitrogen and oxygen atoms in total. The molecule has 0 saturated heterocycles. The summed E-state index contributed by atoms with van der Waals surface area (Å²) in [5, 5.41) is 0. The van der Waals surface area contributed by atoms with E-state index in [1.165, 1.54) is 26.3 Å². The van der Waals surface area contributed by atoms with E-state index < -0.39 is 42.6 Å². The summed E-state index contributed by atoms with van der Waals surface area (Å²) in [6.07, 6.45) is -0.119. The summed E-state index contributed by atoms with van der Waals surface area (Å²) in [5.41, 5.74) is 2.91. The van der Waals surface area contributed by atoms with Crippen molar-refractivity contribution in [3.8, 4) is 28.4 Å². The predicted octanol–water partition coefficient (Wildman–Crippen LogP) is 6.62. The number of hydrogen-bond acceptors (Lipinski definition) is 9. The molecule has 0 aliphatic carbocycles. The van der Waals surface area contributed by atoms with E-state index in [-0.39, 0.29) is 23.6 Å². The van der Waals surface area contributed by atoms with E-state index in [2.05, 4.69) is 4.98 Å². The summed E-state index contributed by atoms with van der Waals surface area (Å²) in [6.45, 7) is 4.17. The molecular formula is C35H35NO8. The van der Waals surface area contributed by atoms with Crippen LogP contribution in [0.15, 0.2) is 97.2 Å². The van der Waals surface area contributed by atoms with Gasteiger partial charge in [-0.1, -0.05) is 79.7 Å². The van der Waals surface area contributed by atoms with Gasteiger partial charge in [-0.3, -0.25) is 14.4 Å². The van der Waals surface area contributed by atoms with Gasteiger partial charge >= 0.3 is 11.9 Å². The van der Waals surface area contributed by atoms with Crippen molar-refractivity contribution in [2.24, 2.45) is 5.92 Å². The Balaban J connectivity index is 1.48. The van der Waals surface area contributed by atoms with Crippen LogP contribution in [-0.2, 0) is 19.1 Å². The minimum Gasteiger partial charge on any atom is -0.493 e. The predicted molar refractivity (Wildman–Crippen MR) is 163 cm³/mol. The first-order valence-electron chi connectivity index (χ1n) is 14.2. The lowest BCUT2D eigenvalue weighted by atomic mass is 9.99. The molecule has 0 aliphatic heterocycles. The number of carbonyl (C=O) groups excluding carboxylic acids is 3. The van der Waals surface area contributed by atoms with Crippen LogP contribution in [0.1, 0.15) is 49.3 Å². The molecule has 0 saturated carbocycles. The van der Waals surface area contributed by atoms with Crippen LogP contribution in [0.3, 0.4) is 0 Å². The SMILES string of the molecule is COc1ccnc(C(=O)C[C@@H](C)C(=O)O[C@@H](C)[C@H](Oc2ccccc2)c2ccc(-c3ccccc3)cc2)c1OCOC(C)=O. The van der Waals surface area contributed by atoms with Gasteiger partial charge in [-0.25, -0.2) is 4.98 Å². The number of hydrogen-bond donors (Lipinski definition) is 0. The fourth-order valence-electron chi connectivity index (χ4n) is 4.50. The second-order valence-electron chi connectivity index (χ2n) is 10.1. The summed E-state index contributed by atoms with van der Waals surface area (Å²) in [5.74, 6) is -1.51. The number of nitrogens with zero attached hydrogens (tertiary/aromatic N) is 1. The molecule has 0 unspecified atom stereocenters. The molecule has 0 radical (unpaired) electrons. The molecule has 4 aromatic rings. The highest BCUT2D eigenvalue weighted by atomic mass is 16.7. The molecule has 44 heavy (non-hydrogen) atoms. The van der Waals surface area contributed by atoms with Crippen molar-refractivity contribution >= 4 is 17.7 Å². The van der Waals surface area contributed by atoms with Gasteiger partial charge in [-0.2, -0.15) is 0 Å². The zero-order valence-corrected chi connectivity index (χ0v) is 25.1. The average Bonchev–Trinajstić information content (AvgIpc) is 3.04. The van der Waals surface area contributed by atoms with E-state index in [1.54, 1.807) is 13.8 Å². The van der Waals surface area contributed by atoms with Crippen LogP contribution in [-0.4, -0.2) is 42.7 Å². The molecule has 0 N–H and O–H groups in total. The lowest BCUT2D eigenvalue weighted by Crippen LogP contribution is -2.30. The Kier molecular flexibility index (Phi) is 11.1. The molecule has 0 spiro atoms. The van der Waals surface area contributed by atoms with Crippen molar-refractivity contribution in [1.29, 1.82) is 0 Å². The Labute approximate surface area is 256 Å². The van der Waals surface area contributed by atoms with E-state index in [1.807, 2.05) is 84.9 Å². The minimum absolute atomic E-state index is 0.0189. The van der Waals surface area contributed by atoms with Crippen molar-refractivity contribution in [2.75, 3.05) is 13.9 Å². The fourth-order valence-corrected chi connectivity index (χ4v) is 4.50. The summed E-state index contributed by atoms with van der Waals surface area (Å²) in [6, 6.07) is 28.8. The van der Waals surface area contributed by atoms with Crippen molar-refractivity contribution in [3.63, 3.8) is 0 Å². The smallest absolute Gasteiger partial charge is 0.309 e. The third kappa shape index (κ3) is 8.44. The summed E-state index contributed by atoms with van der Waals surface area (Å²) in [4.78, 5) is 41.8. The first kappa shape index (κ1) is 31.7. The number of Topliss-reactive ketones (excluding diaryl/α,β-unsaturated/α-hetero) is 1. The monoisotopic (exact) mass is 597 g/mol. The van der Waals surface area contributed by atoms with Crippen LogP contribution in [0.2, 0.25) is 0 Å². The number of methoxy groups -OCH3 is 1. The zero-order valence-electron chi connectivity index (χ0n) is 25.1. The molecule has 3 aromatic carbocycles. The molecular weight excluding hydrogens is 562 g/mol. The van der Waals surface area contributed by atoms with Gasteiger partial charge < -0.3 is 23.7 Å². The van der Waals surface area contributed by atoms with Gasteiger partial charge in [0.25, 0.3) is 0 Å².